The summed E-state index contributed by atoms with van der Waals surface area (Å²) in [5.41, 5.74) is 10.9. The zero-order valence-electron chi connectivity index (χ0n) is 22.2. The summed E-state index contributed by atoms with van der Waals surface area (Å²) in [4.78, 5) is 52.2. The molecule has 0 aliphatic heterocycles. The Bertz CT molecular complexity index is 827. The smallest absolute Gasteiger partial charge is 0.251 e. The van der Waals surface area contributed by atoms with Gasteiger partial charge in [-0.25, -0.2) is 5.48 Å². The van der Waals surface area contributed by atoms with E-state index in [-0.39, 0.29) is 18.9 Å². The van der Waals surface area contributed by atoms with Gasteiger partial charge in [0.1, 0.15) is 0 Å². The van der Waals surface area contributed by atoms with Crippen LogP contribution in [0.5, 0.6) is 0 Å². The summed E-state index contributed by atoms with van der Waals surface area (Å²) >= 11 is 0. The van der Waals surface area contributed by atoms with E-state index in [4.69, 9.17) is 5.73 Å². The second kappa shape index (κ2) is 16.8. The second-order valence-corrected chi connectivity index (χ2v) is 9.65. The number of carbonyl (C=O) groups is 4. The van der Waals surface area contributed by atoms with Crippen LogP contribution >= 0.6 is 0 Å². The van der Waals surface area contributed by atoms with E-state index in [0.717, 1.165) is 10.6 Å². The fourth-order valence-electron chi connectivity index (χ4n) is 4.35. The van der Waals surface area contributed by atoms with Gasteiger partial charge in [0.25, 0.3) is 5.91 Å². The number of imide groups is 1. The van der Waals surface area contributed by atoms with Crippen molar-refractivity contribution in [3.63, 3.8) is 0 Å². The topological polar surface area (TPSA) is 142 Å². The Labute approximate surface area is 215 Å². The predicted octanol–water partition coefficient (Wildman–Crippen LogP) is 3.35. The summed E-state index contributed by atoms with van der Waals surface area (Å²) in [5, 5.41) is 10.2. The molecule has 1 aromatic rings. The maximum Gasteiger partial charge on any atom is 0.251 e. The molecule has 5 N–H and O–H groups in total. The minimum absolute atomic E-state index is 0.0230. The predicted molar refractivity (Wildman–Crippen MR) is 138 cm³/mol. The van der Waals surface area contributed by atoms with E-state index in [0.29, 0.717) is 44.9 Å². The minimum atomic E-state index is -0.841. The van der Waals surface area contributed by atoms with Crippen LogP contribution in [0.4, 0.5) is 0 Å². The fraction of sp³-hybridized carbons (Fsp3) is 0.630. The molecule has 4 amide bonds. The lowest BCUT2D eigenvalue weighted by molar-refractivity contribution is -0.158. The van der Waals surface area contributed by atoms with Crippen LogP contribution < -0.4 is 16.6 Å². The zero-order valence-corrected chi connectivity index (χ0v) is 22.2. The molecule has 0 saturated heterocycles. The molecule has 0 saturated carbocycles. The van der Waals surface area contributed by atoms with Crippen LogP contribution in [-0.4, -0.2) is 40.4 Å². The van der Waals surface area contributed by atoms with Gasteiger partial charge in [-0.05, 0) is 63.0 Å². The number of hydrogen-bond acceptors (Lipinski definition) is 6. The molecule has 0 bridgehead atoms. The molecule has 36 heavy (non-hydrogen) atoms. The number of benzene rings is 1. The van der Waals surface area contributed by atoms with Crippen LogP contribution in [0.15, 0.2) is 30.3 Å². The number of carbonyl (C=O) groups excluding carboxylic acids is 4. The van der Waals surface area contributed by atoms with Crippen LogP contribution in [0.25, 0.3) is 0 Å². The van der Waals surface area contributed by atoms with Gasteiger partial charge in [0.2, 0.25) is 17.7 Å². The Hall–Kier alpha value is -2.78. The Morgan fingerprint density at radius 1 is 0.972 bits per heavy atom. The van der Waals surface area contributed by atoms with Gasteiger partial charge in [-0.2, -0.15) is 5.01 Å². The molecule has 0 aromatic heterocycles. The van der Waals surface area contributed by atoms with Crippen molar-refractivity contribution in [1.82, 2.24) is 15.9 Å². The highest BCUT2D eigenvalue weighted by Gasteiger charge is 2.37. The largest absolute Gasteiger partial charge is 0.330 e. The summed E-state index contributed by atoms with van der Waals surface area (Å²) in [7, 11) is 0. The third kappa shape index (κ3) is 10.1. The molecule has 0 aliphatic rings. The van der Waals surface area contributed by atoms with Crippen molar-refractivity contribution in [2.24, 2.45) is 29.4 Å². The van der Waals surface area contributed by atoms with Crippen molar-refractivity contribution in [3.8, 4) is 0 Å². The Morgan fingerprint density at radius 3 is 2.14 bits per heavy atom. The number of rotatable bonds is 15. The fourth-order valence-corrected chi connectivity index (χ4v) is 4.35. The number of nitrogens with one attached hydrogen (secondary N) is 2. The first-order chi connectivity index (χ1) is 17.2. The number of hydrazine groups is 1. The molecule has 0 heterocycles. The second-order valence-electron chi connectivity index (χ2n) is 9.65. The van der Waals surface area contributed by atoms with E-state index in [1.165, 1.54) is 0 Å². The van der Waals surface area contributed by atoms with Gasteiger partial charge in [-0.3, -0.25) is 29.8 Å². The van der Waals surface area contributed by atoms with Crippen LogP contribution in [0.1, 0.15) is 78.2 Å². The van der Waals surface area contributed by atoms with Gasteiger partial charge in [0.15, 0.2) is 0 Å². The molecule has 2 atom stereocenters. The Balaban J connectivity index is 3.17. The van der Waals surface area contributed by atoms with Crippen molar-refractivity contribution < 1.29 is 24.4 Å². The summed E-state index contributed by atoms with van der Waals surface area (Å²) in [6, 6.07) is 9.80. The van der Waals surface area contributed by atoms with Gasteiger partial charge in [0, 0.05) is 12.3 Å². The van der Waals surface area contributed by atoms with Crippen molar-refractivity contribution in [3.05, 3.63) is 35.9 Å². The van der Waals surface area contributed by atoms with Crippen LogP contribution in [0, 0.1) is 23.7 Å². The molecule has 0 unspecified atom stereocenters. The Kier molecular flexibility index (Phi) is 14.6. The highest BCUT2D eigenvalue weighted by Crippen LogP contribution is 2.27. The molecule has 1 rings (SSSR count). The van der Waals surface area contributed by atoms with Gasteiger partial charge < -0.3 is 5.73 Å². The van der Waals surface area contributed by atoms with Crippen LogP contribution in [0.3, 0.4) is 0 Å². The first-order valence-electron chi connectivity index (χ1n) is 13.0. The molecular formula is C27H44N4O5. The lowest BCUT2D eigenvalue weighted by Crippen LogP contribution is -2.55. The van der Waals surface area contributed by atoms with Crippen molar-refractivity contribution in [1.29, 1.82) is 0 Å². The van der Waals surface area contributed by atoms with E-state index in [1.54, 1.807) is 5.48 Å². The maximum atomic E-state index is 13.5. The SMILES string of the molecule is CCC(CC)C(=O)N(NC(=O)[C@H](CC(C)C)[C@H](CCCc1ccccc1)C(=O)NO)C(=O)CCCN. The molecule has 1 aromatic carbocycles. The normalized spacial score (nSPS) is 12.8. The number of hydroxylamine groups is 1. The van der Waals surface area contributed by atoms with Crippen molar-refractivity contribution in [2.45, 2.75) is 79.1 Å². The average Bonchev–Trinajstić information content (AvgIpc) is 2.87. The molecule has 0 fully saturated rings. The lowest BCUT2D eigenvalue weighted by atomic mass is 9.81. The van der Waals surface area contributed by atoms with Gasteiger partial charge in [-0.1, -0.05) is 58.0 Å². The summed E-state index contributed by atoms with van der Waals surface area (Å²) in [6.45, 7) is 7.84. The Morgan fingerprint density at radius 2 is 1.61 bits per heavy atom. The molecule has 9 heteroatoms. The molecule has 202 valence electrons. The van der Waals surface area contributed by atoms with E-state index in [1.807, 2.05) is 58.0 Å². The number of amides is 4. The molecule has 0 radical (unpaired) electrons. The standard InChI is InChI=1S/C27H44N4O5/c1-5-21(6-2)27(35)31(24(32)16-11-17-28)29-25(33)23(18-19(3)4)22(26(34)30-36)15-10-14-20-12-8-7-9-13-20/h7-9,12-13,19,21-23,36H,5-6,10-11,14-18,28H2,1-4H3,(H,29,33)(H,30,34)/t22-,23+/m0/s1. The van der Waals surface area contributed by atoms with Gasteiger partial charge in [-0.15, -0.1) is 0 Å². The maximum absolute atomic E-state index is 13.5. The highest BCUT2D eigenvalue weighted by molar-refractivity contribution is 5.99. The highest BCUT2D eigenvalue weighted by atomic mass is 16.5. The lowest BCUT2D eigenvalue weighted by Gasteiger charge is -2.30. The first-order valence-corrected chi connectivity index (χ1v) is 13.0. The van der Waals surface area contributed by atoms with E-state index < -0.39 is 41.4 Å². The summed E-state index contributed by atoms with van der Waals surface area (Å²) in [5.74, 6) is -4.27. The summed E-state index contributed by atoms with van der Waals surface area (Å²) < 4.78 is 0. The third-order valence-corrected chi connectivity index (χ3v) is 6.44. The van der Waals surface area contributed by atoms with Crippen LogP contribution in [-0.2, 0) is 25.6 Å². The van der Waals surface area contributed by atoms with Crippen LogP contribution in [0.2, 0.25) is 0 Å². The van der Waals surface area contributed by atoms with Gasteiger partial charge >= 0.3 is 0 Å². The monoisotopic (exact) mass is 504 g/mol. The first kappa shape index (κ1) is 31.3. The van der Waals surface area contributed by atoms with Gasteiger partial charge in [0.05, 0.1) is 11.8 Å². The quantitative estimate of drug-likeness (QED) is 0.213. The molecule has 0 spiro atoms. The number of hydrogen-bond donors (Lipinski definition) is 4. The number of aryl methyl sites for hydroxylation is 1. The number of nitrogens with two attached hydrogens (primary N) is 1. The minimum Gasteiger partial charge on any atom is -0.330 e. The number of nitrogens with zero attached hydrogens (tertiary/aromatic N) is 1. The third-order valence-electron chi connectivity index (χ3n) is 6.44. The van der Waals surface area contributed by atoms with E-state index in [2.05, 4.69) is 5.43 Å². The van der Waals surface area contributed by atoms with Crippen molar-refractivity contribution in [2.75, 3.05) is 6.54 Å². The summed E-state index contributed by atoms with van der Waals surface area (Å²) in [6.07, 6.45) is 3.49. The average molecular weight is 505 g/mol. The molecule has 0 aliphatic carbocycles. The van der Waals surface area contributed by atoms with E-state index in [9.17, 15) is 24.4 Å². The molecule has 9 nitrogen and oxygen atoms in total. The van der Waals surface area contributed by atoms with Crippen molar-refractivity contribution >= 4 is 23.6 Å². The zero-order chi connectivity index (χ0) is 27.1. The van der Waals surface area contributed by atoms with E-state index >= 15 is 0 Å². The molecular weight excluding hydrogens is 460 g/mol.